The molecule has 0 radical (unpaired) electrons. The summed E-state index contributed by atoms with van der Waals surface area (Å²) in [6.45, 7) is 2.33. The molecule has 5 nitrogen and oxygen atoms in total. The van der Waals surface area contributed by atoms with Crippen LogP contribution in [0.1, 0.15) is 59.3 Å². The van der Waals surface area contributed by atoms with Crippen molar-refractivity contribution in [1.82, 2.24) is 10.2 Å². The van der Waals surface area contributed by atoms with E-state index >= 15 is 0 Å². The van der Waals surface area contributed by atoms with E-state index in [1.807, 2.05) is 6.92 Å². The third kappa shape index (κ3) is 5.21. The van der Waals surface area contributed by atoms with E-state index in [0.29, 0.717) is 24.1 Å². The lowest BCUT2D eigenvalue weighted by Gasteiger charge is -2.35. The zero-order valence-corrected chi connectivity index (χ0v) is 18.6. The van der Waals surface area contributed by atoms with Gasteiger partial charge < -0.3 is 10.1 Å². The van der Waals surface area contributed by atoms with Crippen LogP contribution >= 0.6 is 0 Å². The van der Waals surface area contributed by atoms with Crippen LogP contribution in [0.3, 0.4) is 0 Å². The zero-order chi connectivity index (χ0) is 23.8. The Hall–Kier alpha value is -2.87. The first-order valence-electron chi connectivity index (χ1n) is 11.1. The first kappa shape index (κ1) is 23.3. The number of fused-ring (bicyclic) bond motifs is 1. The Morgan fingerprint density at radius 3 is 2.36 bits per heavy atom. The van der Waals surface area contributed by atoms with E-state index in [0.717, 1.165) is 42.5 Å². The number of hydrogen-bond donors (Lipinski definition) is 1. The van der Waals surface area contributed by atoms with Crippen LogP contribution in [-0.2, 0) is 22.3 Å². The molecule has 0 aromatic heterocycles. The van der Waals surface area contributed by atoms with Crippen LogP contribution in [0.25, 0.3) is 0 Å². The predicted molar refractivity (Wildman–Crippen MR) is 116 cm³/mol. The fraction of sp³-hybridized carbons (Fsp3) is 0.440. The highest BCUT2D eigenvalue weighted by molar-refractivity contribution is 5.89. The highest BCUT2D eigenvalue weighted by Gasteiger charge is 2.49. The van der Waals surface area contributed by atoms with Gasteiger partial charge in [-0.05, 0) is 67.5 Å². The van der Waals surface area contributed by atoms with Gasteiger partial charge >= 0.3 is 12.1 Å². The van der Waals surface area contributed by atoms with Crippen LogP contribution in [0.2, 0.25) is 0 Å². The van der Waals surface area contributed by atoms with Gasteiger partial charge in [0.1, 0.15) is 0 Å². The number of amides is 1. The van der Waals surface area contributed by atoms with Crippen LogP contribution < -0.4 is 5.32 Å². The molecule has 1 amide bonds. The Morgan fingerprint density at radius 2 is 1.76 bits per heavy atom. The van der Waals surface area contributed by atoms with Crippen molar-refractivity contribution < 1.29 is 27.5 Å². The number of ether oxygens (including phenoxy) is 1. The van der Waals surface area contributed by atoms with Gasteiger partial charge in [0.15, 0.2) is 0 Å². The van der Waals surface area contributed by atoms with E-state index in [9.17, 15) is 22.8 Å². The van der Waals surface area contributed by atoms with Gasteiger partial charge in [0.2, 0.25) is 5.91 Å². The number of nitrogens with one attached hydrogen (secondary N) is 1. The molecule has 8 heteroatoms. The average molecular weight is 460 g/mol. The normalized spacial score (nSPS) is 23.4. The van der Waals surface area contributed by atoms with Gasteiger partial charge in [-0.15, -0.1) is 0 Å². The molecule has 0 bridgehead atoms. The number of nitrogens with zero attached hydrogens (tertiary/aromatic N) is 1. The van der Waals surface area contributed by atoms with Crippen molar-refractivity contribution in [3.63, 3.8) is 0 Å². The molecule has 1 saturated heterocycles. The third-order valence-corrected chi connectivity index (χ3v) is 6.66. The van der Waals surface area contributed by atoms with E-state index in [4.69, 9.17) is 4.74 Å². The van der Waals surface area contributed by atoms with Crippen LogP contribution in [0.15, 0.2) is 48.5 Å². The van der Waals surface area contributed by atoms with Gasteiger partial charge in [-0.3, -0.25) is 9.69 Å². The number of methoxy groups -OCH3 is 1. The van der Waals surface area contributed by atoms with Crippen molar-refractivity contribution in [2.45, 2.75) is 57.0 Å². The maximum Gasteiger partial charge on any atom is 0.416 e. The van der Waals surface area contributed by atoms with Gasteiger partial charge in [0, 0.05) is 12.6 Å². The van der Waals surface area contributed by atoms with Crippen molar-refractivity contribution in [3.05, 3.63) is 70.8 Å². The molecule has 176 valence electrons. The van der Waals surface area contributed by atoms with Gasteiger partial charge in [-0.2, -0.15) is 13.2 Å². The summed E-state index contributed by atoms with van der Waals surface area (Å²) in [7, 11) is 1.32. The monoisotopic (exact) mass is 460 g/mol. The molecule has 33 heavy (non-hydrogen) atoms. The smallest absolute Gasteiger partial charge is 0.416 e. The first-order valence-corrected chi connectivity index (χ1v) is 11.1. The molecule has 1 aliphatic heterocycles. The van der Waals surface area contributed by atoms with Crippen LogP contribution in [-0.4, -0.2) is 36.0 Å². The van der Waals surface area contributed by atoms with E-state index in [-0.39, 0.29) is 18.0 Å². The molecule has 2 aliphatic rings. The lowest BCUT2D eigenvalue weighted by atomic mass is 9.99. The largest absolute Gasteiger partial charge is 0.465 e. The molecule has 1 saturated carbocycles. The number of esters is 1. The fourth-order valence-electron chi connectivity index (χ4n) is 4.65. The SMILES string of the molecule is COC(=O)c1ccc([C@H](C)NC(=O)C2CCC3CC3N2Cc2ccc(C(F)(F)F)cc2)cc1. The second-order valence-electron chi connectivity index (χ2n) is 8.87. The number of benzene rings is 2. The Balaban J connectivity index is 1.43. The maximum absolute atomic E-state index is 13.2. The quantitative estimate of drug-likeness (QED) is 0.634. The summed E-state index contributed by atoms with van der Waals surface area (Å²) in [6, 6.07) is 11.8. The van der Waals surface area contributed by atoms with Gasteiger partial charge in [0.05, 0.1) is 30.3 Å². The Kier molecular flexibility index (Phi) is 6.47. The van der Waals surface area contributed by atoms with Crippen LogP contribution in [0.5, 0.6) is 0 Å². The summed E-state index contributed by atoms with van der Waals surface area (Å²) in [6.07, 6.45) is -1.63. The van der Waals surface area contributed by atoms with E-state index in [1.54, 1.807) is 24.3 Å². The van der Waals surface area contributed by atoms with Crippen LogP contribution in [0, 0.1) is 5.92 Å². The lowest BCUT2D eigenvalue weighted by molar-refractivity contribution is -0.137. The number of alkyl halides is 3. The minimum Gasteiger partial charge on any atom is -0.465 e. The summed E-state index contributed by atoms with van der Waals surface area (Å²) in [5, 5.41) is 3.07. The average Bonchev–Trinajstić information content (AvgIpc) is 3.59. The molecule has 3 unspecified atom stereocenters. The molecular weight excluding hydrogens is 433 g/mol. The van der Waals surface area contributed by atoms with Gasteiger partial charge in [-0.25, -0.2) is 4.79 Å². The zero-order valence-electron chi connectivity index (χ0n) is 18.6. The molecule has 4 rings (SSSR count). The molecule has 2 fully saturated rings. The highest BCUT2D eigenvalue weighted by Crippen LogP contribution is 2.46. The summed E-state index contributed by atoms with van der Waals surface area (Å²) < 4.78 is 43.3. The number of carbonyl (C=O) groups excluding carboxylic acids is 2. The van der Waals surface area contributed by atoms with Gasteiger partial charge in [-0.1, -0.05) is 24.3 Å². The molecular formula is C25H27F3N2O3. The number of likely N-dealkylation sites (tertiary alicyclic amines) is 1. The summed E-state index contributed by atoms with van der Waals surface area (Å²) >= 11 is 0. The molecule has 1 heterocycles. The number of hydrogen-bond acceptors (Lipinski definition) is 4. The molecule has 4 atom stereocenters. The van der Waals surface area contributed by atoms with Crippen LogP contribution in [0.4, 0.5) is 13.2 Å². The number of carbonyl (C=O) groups is 2. The fourth-order valence-corrected chi connectivity index (χ4v) is 4.65. The molecule has 1 N–H and O–H groups in total. The second kappa shape index (κ2) is 9.17. The maximum atomic E-state index is 13.2. The molecule has 2 aromatic carbocycles. The van der Waals surface area contributed by atoms with Crippen molar-refractivity contribution >= 4 is 11.9 Å². The number of rotatable bonds is 6. The first-order chi connectivity index (χ1) is 15.7. The lowest BCUT2D eigenvalue weighted by Crippen LogP contribution is -2.50. The minimum atomic E-state index is -4.36. The van der Waals surface area contributed by atoms with Crippen molar-refractivity contribution in [2.24, 2.45) is 5.92 Å². The summed E-state index contributed by atoms with van der Waals surface area (Å²) in [5.74, 6) is 0.0573. The van der Waals surface area contributed by atoms with Crippen molar-refractivity contribution in [3.8, 4) is 0 Å². The minimum absolute atomic E-state index is 0.0863. The Bertz CT molecular complexity index is 1010. The molecule has 2 aromatic rings. The number of piperidine rings is 1. The summed E-state index contributed by atoms with van der Waals surface area (Å²) in [4.78, 5) is 26.9. The highest BCUT2D eigenvalue weighted by atomic mass is 19.4. The topological polar surface area (TPSA) is 58.6 Å². The standard InChI is InChI=1S/C25H27F3N2O3/c1-15(17-5-7-18(8-6-17)24(32)33-2)29-23(31)21-12-9-19-13-22(19)30(21)14-16-3-10-20(11-4-16)25(26,27)28/h3-8,10-11,15,19,21-22H,9,12-14H2,1-2H3,(H,29,31)/t15-,19?,21?,22?/m0/s1. The second-order valence-corrected chi connectivity index (χ2v) is 8.87. The summed E-state index contributed by atoms with van der Waals surface area (Å²) in [5.41, 5.74) is 1.40. The van der Waals surface area contributed by atoms with E-state index in [1.165, 1.54) is 19.2 Å². The van der Waals surface area contributed by atoms with E-state index in [2.05, 4.69) is 10.2 Å². The number of halogens is 3. The predicted octanol–water partition coefficient (Wildman–Crippen LogP) is 4.72. The Labute approximate surface area is 190 Å². The third-order valence-electron chi connectivity index (χ3n) is 6.66. The Morgan fingerprint density at radius 1 is 1.09 bits per heavy atom. The van der Waals surface area contributed by atoms with Gasteiger partial charge in [0.25, 0.3) is 0 Å². The van der Waals surface area contributed by atoms with Crippen molar-refractivity contribution in [1.29, 1.82) is 0 Å². The van der Waals surface area contributed by atoms with E-state index < -0.39 is 17.7 Å². The van der Waals surface area contributed by atoms with Crippen molar-refractivity contribution in [2.75, 3.05) is 7.11 Å². The molecule has 0 spiro atoms. The molecule has 1 aliphatic carbocycles.